The largest absolute Gasteiger partial charge is 0.389 e. The van der Waals surface area contributed by atoms with E-state index in [9.17, 15) is 0 Å². The van der Waals surface area contributed by atoms with E-state index in [2.05, 4.69) is 21.7 Å². The normalized spacial score (nSPS) is 16.9. The second-order valence-corrected chi connectivity index (χ2v) is 5.05. The topological polar surface area (TPSA) is 45.4 Å². The molecule has 0 saturated carbocycles. The van der Waals surface area contributed by atoms with Gasteiger partial charge in [-0.15, -0.1) is 0 Å². The SMILES string of the molecule is CCN1CCN(c2nccc(C)c2C(N)=S)CC1. The number of nitrogens with zero attached hydrogens (tertiary/aromatic N) is 3. The van der Waals surface area contributed by atoms with Gasteiger partial charge in [-0.2, -0.15) is 0 Å². The number of piperazine rings is 1. The Balaban J connectivity index is 2.24. The van der Waals surface area contributed by atoms with E-state index in [0.717, 1.165) is 49.7 Å². The maximum atomic E-state index is 5.83. The first kappa shape index (κ1) is 13.2. The molecule has 1 fully saturated rings. The Morgan fingerprint density at radius 2 is 2.06 bits per heavy atom. The zero-order chi connectivity index (χ0) is 13.1. The minimum Gasteiger partial charge on any atom is -0.389 e. The molecule has 0 amide bonds. The van der Waals surface area contributed by atoms with E-state index in [1.807, 2.05) is 19.2 Å². The van der Waals surface area contributed by atoms with Gasteiger partial charge in [0.15, 0.2) is 0 Å². The summed E-state index contributed by atoms with van der Waals surface area (Å²) in [6, 6.07) is 1.96. The first-order valence-corrected chi connectivity index (χ1v) is 6.77. The molecule has 0 bridgehead atoms. The molecule has 0 radical (unpaired) electrons. The molecule has 0 unspecified atom stereocenters. The lowest BCUT2D eigenvalue weighted by atomic mass is 10.1. The summed E-state index contributed by atoms with van der Waals surface area (Å²) in [4.78, 5) is 9.64. The lowest BCUT2D eigenvalue weighted by molar-refractivity contribution is 0.270. The van der Waals surface area contributed by atoms with Crippen LogP contribution in [0.25, 0.3) is 0 Å². The van der Waals surface area contributed by atoms with Gasteiger partial charge in [-0.3, -0.25) is 0 Å². The van der Waals surface area contributed by atoms with Crippen LogP contribution in [-0.2, 0) is 0 Å². The van der Waals surface area contributed by atoms with Gasteiger partial charge in [0, 0.05) is 32.4 Å². The molecular formula is C13H20N4S. The molecule has 2 N–H and O–H groups in total. The predicted molar refractivity (Wildman–Crippen MR) is 79.2 cm³/mol. The van der Waals surface area contributed by atoms with Crippen LogP contribution in [0.5, 0.6) is 0 Å². The van der Waals surface area contributed by atoms with E-state index >= 15 is 0 Å². The molecule has 0 atom stereocenters. The Morgan fingerprint density at radius 1 is 1.39 bits per heavy atom. The molecule has 2 rings (SSSR count). The highest BCUT2D eigenvalue weighted by Gasteiger charge is 2.20. The summed E-state index contributed by atoms with van der Waals surface area (Å²) in [5, 5.41) is 0. The molecular weight excluding hydrogens is 244 g/mol. The molecule has 0 spiro atoms. The zero-order valence-corrected chi connectivity index (χ0v) is 11.8. The number of hydrogen-bond donors (Lipinski definition) is 1. The number of aromatic nitrogens is 1. The van der Waals surface area contributed by atoms with Crippen molar-refractivity contribution in [2.75, 3.05) is 37.6 Å². The zero-order valence-electron chi connectivity index (χ0n) is 11.0. The van der Waals surface area contributed by atoms with Gasteiger partial charge < -0.3 is 15.5 Å². The summed E-state index contributed by atoms with van der Waals surface area (Å²) in [6.45, 7) is 9.45. The number of likely N-dealkylation sites (N-methyl/N-ethyl adjacent to an activating group) is 1. The van der Waals surface area contributed by atoms with E-state index < -0.39 is 0 Å². The van der Waals surface area contributed by atoms with Gasteiger partial charge in [-0.25, -0.2) is 4.98 Å². The van der Waals surface area contributed by atoms with Crippen LogP contribution in [0, 0.1) is 6.92 Å². The number of hydrogen-bond acceptors (Lipinski definition) is 4. The first-order chi connectivity index (χ1) is 8.63. The second kappa shape index (κ2) is 5.63. The van der Waals surface area contributed by atoms with Crippen molar-refractivity contribution in [3.63, 3.8) is 0 Å². The molecule has 1 aliphatic heterocycles. The molecule has 2 heterocycles. The van der Waals surface area contributed by atoms with Crippen molar-refractivity contribution in [3.8, 4) is 0 Å². The van der Waals surface area contributed by atoms with E-state index in [0.29, 0.717) is 4.99 Å². The van der Waals surface area contributed by atoms with Crippen molar-refractivity contribution in [2.45, 2.75) is 13.8 Å². The molecule has 98 valence electrons. The average molecular weight is 264 g/mol. The standard InChI is InChI=1S/C13H20N4S/c1-3-16-6-8-17(9-7-16)13-11(12(14)18)10(2)4-5-15-13/h4-5H,3,6-9H2,1-2H3,(H2,14,18). The maximum absolute atomic E-state index is 5.83. The molecule has 5 heteroatoms. The van der Waals surface area contributed by atoms with Gasteiger partial charge in [0.2, 0.25) is 0 Å². The number of aryl methyl sites for hydroxylation is 1. The molecule has 1 aliphatic rings. The van der Waals surface area contributed by atoms with Crippen LogP contribution in [0.15, 0.2) is 12.3 Å². The van der Waals surface area contributed by atoms with E-state index in [1.54, 1.807) is 0 Å². The number of nitrogens with two attached hydrogens (primary N) is 1. The third-order valence-corrected chi connectivity index (χ3v) is 3.71. The van der Waals surface area contributed by atoms with Crippen molar-refractivity contribution in [1.82, 2.24) is 9.88 Å². The highest BCUT2D eigenvalue weighted by Crippen LogP contribution is 2.22. The number of anilines is 1. The first-order valence-electron chi connectivity index (χ1n) is 6.36. The van der Waals surface area contributed by atoms with Crippen LogP contribution in [-0.4, -0.2) is 47.6 Å². The van der Waals surface area contributed by atoms with Crippen molar-refractivity contribution in [3.05, 3.63) is 23.4 Å². The van der Waals surface area contributed by atoms with Crippen molar-refractivity contribution >= 4 is 23.0 Å². The fourth-order valence-electron chi connectivity index (χ4n) is 2.36. The predicted octanol–water partition coefficient (Wildman–Crippen LogP) is 1.17. The quantitative estimate of drug-likeness (QED) is 0.830. The Kier molecular flexibility index (Phi) is 4.14. The molecule has 1 aromatic rings. The lowest BCUT2D eigenvalue weighted by Gasteiger charge is -2.35. The molecule has 1 saturated heterocycles. The van der Waals surface area contributed by atoms with Crippen LogP contribution < -0.4 is 10.6 Å². The Labute approximate surface area is 114 Å². The van der Waals surface area contributed by atoms with Crippen LogP contribution in [0.4, 0.5) is 5.82 Å². The Hall–Kier alpha value is -1.20. The van der Waals surface area contributed by atoms with E-state index in [4.69, 9.17) is 18.0 Å². The van der Waals surface area contributed by atoms with Crippen LogP contribution in [0.1, 0.15) is 18.1 Å². The highest BCUT2D eigenvalue weighted by atomic mass is 32.1. The number of rotatable bonds is 3. The van der Waals surface area contributed by atoms with E-state index in [-0.39, 0.29) is 0 Å². The van der Waals surface area contributed by atoms with Gasteiger partial charge in [-0.05, 0) is 25.1 Å². The van der Waals surface area contributed by atoms with Crippen LogP contribution in [0.2, 0.25) is 0 Å². The number of pyridine rings is 1. The average Bonchev–Trinajstić information content (AvgIpc) is 2.38. The molecule has 1 aromatic heterocycles. The molecule has 18 heavy (non-hydrogen) atoms. The number of thiocarbonyl (C=S) groups is 1. The maximum Gasteiger partial charge on any atom is 0.139 e. The minimum absolute atomic E-state index is 0.438. The summed E-state index contributed by atoms with van der Waals surface area (Å²) in [6.07, 6.45) is 1.83. The van der Waals surface area contributed by atoms with E-state index in [1.165, 1.54) is 0 Å². The fourth-order valence-corrected chi connectivity index (χ4v) is 2.62. The van der Waals surface area contributed by atoms with Crippen LogP contribution in [0.3, 0.4) is 0 Å². The third kappa shape index (κ3) is 2.62. The monoisotopic (exact) mass is 264 g/mol. The summed E-state index contributed by atoms with van der Waals surface area (Å²) in [5.74, 6) is 0.943. The van der Waals surface area contributed by atoms with Crippen molar-refractivity contribution in [2.24, 2.45) is 5.73 Å². The Bertz CT molecular complexity index is 439. The Morgan fingerprint density at radius 3 is 2.61 bits per heavy atom. The molecule has 0 aliphatic carbocycles. The van der Waals surface area contributed by atoms with Crippen molar-refractivity contribution < 1.29 is 0 Å². The second-order valence-electron chi connectivity index (χ2n) is 4.61. The van der Waals surface area contributed by atoms with Gasteiger partial charge in [-0.1, -0.05) is 19.1 Å². The van der Waals surface area contributed by atoms with Gasteiger partial charge >= 0.3 is 0 Å². The summed E-state index contributed by atoms with van der Waals surface area (Å²) < 4.78 is 0. The lowest BCUT2D eigenvalue weighted by Crippen LogP contribution is -2.47. The fraction of sp³-hybridized carbons (Fsp3) is 0.538. The minimum atomic E-state index is 0.438. The third-order valence-electron chi connectivity index (χ3n) is 3.50. The molecule has 4 nitrogen and oxygen atoms in total. The highest BCUT2D eigenvalue weighted by molar-refractivity contribution is 7.80. The molecule has 0 aromatic carbocycles. The van der Waals surface area contributed by atoms with Gasteiger partial charge in [0.25, 0.3) is 0 Å². The van der Waals surface area contributed by atoms with Gasteiger partial charge in [0.1, 0.15) is 10.8 Å². The smallest absolute Gasteiger partial charge is 0.139 e. The van der Waals surface area contributed by atoms with Gasteiger partial charge in [0.05, 0.1) is 5.56 Å². The van der Waals surface area contributed by atoms with Crippen molar-refractivity contribution in [1.29, 1.82) is 0 Å². The van der Waals surface area contributed by atoms with Crippen LogP contribution >= 0.6 is 12.2 Å². The summed E-state index contributed by atoms with van der Waals surface area (Å²) >= 11 is 5.15. The summed E-state index contributed by atoms with van der Waals surface area (Å²) in [5.41, 5.74) is 7.86. The summed E-state index contributed by atoms with van der Waals surface area (Å²) in [7, 11) is 0.